The lowest BCUT2D eigenvalue weighted by atomic mass is 10.0. The third kappa shape index (κ3) is 7.56. The number of benzene rings is 3. The third-order valence-corrected chi connectivity index (χ3v) is 11.7. The molecule has 0 aliphatic carbocycles. The summed E-state index contributed by atoms with van der Waals surface area (Å²) >= 11 is 0. The summed E-state index contributed by atoms with van der Waals surface area (Å²) in [4.78, 5) is 71.7. The monoisotopic (exact) mass is 802 g/mol. The number of fused-ring (bicyclic) bond motifs is 4. The molecule has 0 unspecified atom stereocenters. The average Bonchev–Trinajstić information content (AvgIpc) is 4.09. The Morgan fingerprint density at radius 1 is 0.746 bits per heavy atom. The molecule has 308 valence electrons. The Balaban J connectivity index is 1.01. The van der Waals surface area contributed by atoms with Gasteiger partial charge >= 0.3 is 12.2 Å². The number of imidazole rings is 2. The minimum absolute atomic E-state index is 0.117. The van der Waals surface area contributed by atoms with Crippen LogP contribution in [0.4, 0.5) is 9.59 Å². The van der Waals surface area contributed by atoms with Gasteiger partial charge in [0.25, 0.3) is 0 Å². The second kappa shape index (κ2) is 16.1. The van der Waals surface area contributed by atoms with Crippen LogP contribution in [-0.2, 0) is 19.1 Å². The molecular weight excluding hydrogens is 753 g/mol. The van der Waals surface area contributed by atoms with Gasteiger partial charge in [0.1, 0.15) is 35.1 Å². The maximum Gasteiger partial charge on any atom is 0.407 e. The number of ether oxygens (including phenoxy) is 2. The molecule has 4 amide bonds. The van der Waals surface area contributed by atoms with E-state index >= 15 is 0 Å². The van der Waals surface area contributed by atoms with Gasteiger partial charge in [-0.25, -0.2) is 19.6 Å². The highest BCUT2D eigenvalue weighted by molar-refractivity contribution is 6.05. The second-order valence-electron chi connectivity index (χ2n) is 16.2. The van der Waals surface area contributed by atoms with E-state index in [1.165, 1.54) is 14.2 Å². The molecular formula is C44H50N8O7. The number of carbonyl (C=O) groups is 4. The minimum Gasteiger partial charge on any atom is -0.456 e. The number of aromatic nitrogens is 4. The third-order valence-electron chi connectivity index (χ3n) is 11.7. The number of likely N-dealkylation sites (tertiary alicyclic amines) is 2. The zero-order chi connectivity index (χ0) is 41.5. The normalized spacial score (nSPS) is 18.0. The van der Waals surface area contributed by atoms with Crippen molar-refractivity contribution in [2.24, 2.45) is 11.8 Å². The summed E-state index contributed by atoms with van der Waals surface area (Å²) in [5.41, 5.74) is 5.14. The molecule has 0 radical (unpaired) electrons. The fraction of sp³-hybridized carbons (Fsp3) is 0.409. The van der Waals surface area contributed by atoms with Crippen LogP contribution in [0.2, 0.25) is 0 Å². The molecule has 15 heteroatoms. The first-order chi connectivity index (χ1) is 28.4. The molecule has 2 aliphatic heterocycles. The van der Waals surface area contributed by atoms with Crippen molar-refractivity contribution in [2.45, 2.75) is 77.5 Å². The molecule has 15 nitrogen and oxygen atoms in total. The Hall–Kier alpha value is -6.38. The number of alkyl carbamates (subject to hydrolysis) is 2. The van der Waals surface area contributed by atoms with Gasteiger partial charge in [-0.3, -0.25) is 9.59 Å². The molecule has 5 heterocycles. The van der Waals surface area contributed by atoms with Crippen molar-refractivity contribution in [1.29, 1.82) is 0 Å². The maximum atomic E-state index is 13.7. The van der Waals surface area contributed by atoms with Crippen LogP contribution in [0.1, 0.15) is 77.1 Å². The molecule has 59 heavy (non-hydrogen) atoms. The van der Waals surface area contributed by atoms with E-state index in [4.69, 9.17) is 23.9 Å². The maximum absolute atomic E-state index is 13.7. The van der Waals surface area contributed by atoms with E-state index in [9.17, 15) is 19.2 Å². The molecule has 3 aromatic heterocycles. The van der Waals surface area contributed by atoms with Crippen molar-refractivity contribution in [2.75, 3.05) is 27.3 Å². The largest absolute Gasteiger partial charge is 0.456 e. The van der Waals surface area contributed by atoms with Crippen LogP contribution < -0.4 is 10.6 Å². The Bertz CT molecular complexity index is 2550. The fourth-order valence-electron chi connectivity index (χ4n) is 8.52. The van der Waals surface area contributed by atoms with Gasteiger partial charge in [-0.05, 0) is 79.3 Å². The topological polar surface area (TPSA) is 188 Å². The molecule has 0 saturated carbocycles. The minimum atomic E-state index is -0.704. The number of carbonyl (C=O) groups excluding carboxylic acids is 4. The molecule has 2 aliphatic rings. The zero-order valence-corrected chi connectivity index (χ0v) is 34.1. The Labute approximate surface area is 341 Å². The number of nitrogens with one attached hydrogen (secondary N) is 4. The summed E-state index contributed by atoms with van der Waals surface area (Å²) in [6, 6.07) is 16.4. The van der Waals surface area contributed by atoms with Crippen molar-refractivity contribution in [1.82, 2.24) is 40.4 Å². The number of aromatic amines is 2. The molecule has 4 N–H and O–H groups in total. The van der Waals surface area contributed by atoms with Crippen molar-refractivity contribution >= 4 is 56.8 Å². The summed E-state index contributed by atoms with van der Waals surface area (Å²) in [5.74, 6) is 1.62. The summed E-state index contributed by atoms with van der Waals surface area (Å²) < 4.78 is 15.9. The molecule has 0 spiro atoms. The standard InChI is InChI=1S/C44H50N8O7/c1-23(2)36(49-43(55)57-5)41(53)51-17-7-9-32(51)39-45-22-31(47-39)26-13-16-34-28(20-26)21-35(59-34)27-11-14-29-25(19-27)12-15-30-38(29)48-40(46-30)33-10-8-18-52(33)42(54)37(24(3)4)50-44(56)58-6/h11-16,19-24,32-33,36-37H,7-10,17-18H2,1-6H3,(H,45,47)(H,46,48)(H,49,55)(H,50,56)/t32-,33-,36-,37-/m0/s1. The Morgan fingerprint density at radius 2 is 1.36 bits per heavy atom. The number of H-pyrrole nitrogens is 2. The number of amides is 4. The summed E-state index contributed by atoms with van der Waals surface area (Å²) in [5, 5.41) is 8.32. The van der Waals surface area contributed by atoms with E-state index in [0.29, 0.717) is 18.9 Å². The van der Waals surface area contributed by atoms with Crippen molar-refractivity contribution in [3.05, 3.63) is 72.4 Å². The average molecular weight is 803 g/mol. The highest BCUT2D eigenvalue weighted by Crippen LogP contribution is 2.38. The van der Waals surface area contributed by atoms with Crippen molar-refractivity contribution in [3.8, 4) is 22.6 Å². The fourth-order valence-corrected chi connectivity index (χ4v) is 8.52. The van der Waals surface area contributed by atoms with Crippen LogP contribution in [0.5, 0.6) is 0 Å². The highest BCUT2D eigenvalue weighted by atomic mass is 16.5. The first-order valence-electron chi connectivity index (χ1n) is 20.3. The van der Waals surface area contributed by atoms with Crippen LogP contribution in [0.3, 0.4) is 0 Å². The van der Waals surface area contributed by atoms with Crippen molar-refractivity contribution in [3.63, 3.8) is 0 Å². The highest BCUT2D eigenvalue weighted by Gasteiger charge is 2.39. The van der Waals surface area contributed by atoms with E-state index in [1.54, 1.807) is 11.1 Å². The molecule has 3 aromatic carbocycles. The molecule has 6 aromatic rings. The van der Waals surface area contributed by atoms with Gasteiger partial charge in [0.15, 0.2) is 0 Å². The van der Waals surface area contributed by atoms with E-state index in [-0.39, 0.29) is 35.7 Å². The number of nitrogens with zero attached hydrogens (tertiary/aromatic N) is 4. The predicted octanol–water partition coefficient (Wildman–Crippen LogP) is 7.61. The number of hydrogen-bond acceptors (Lipinski definition) is 9. The van der Waals surface area contributed by atoms with Crippen molar-refractivity contribution < 1.29 is 33.1 Å². The van der Waals surface area contributed by atoms with Crippen LogP contribution in [0.25, 0.3) is 55.4 Å². The summed E-state index contributed by atoms with van der Waals surface area (Å²) in [7, 11) is 2.58. The molecule has 2 saturated heterocycles. The lowest BCUT2D eigenvalue weighted by Crippen LogP contribution is -2.51. The van der Waals surface area contributed by atoms with Crippen LogP contribution in [0.15, 0.2) is 65.2 Å². The van der Waals surface area contributed by atoms with Crippen LogP contribution in [0, 0.1) is 11.8 Å². The first-order valence-corrected chi connectivity index (χ1v) is 20.3. The predicted molar refractivity (Wildman–Crippen MR) is 222 cm³/mol. The number of hydrogen-bond donors (Lipinski definition) is 4. The van der Waals surface area contributed by atoms with E-state index < -0.39 is 24.3 Å². The summed E-state index contributed by atoms with van der Waals surface area (Å²) in [6.45, 7) is 8.76. The van der Waals surface area contributed by atoms with Gasteiger partial charge in [-0.2, -0.15) is 0 Å². The summed E-state index contributed by atoms with van der Waals surface area (Å²) in [6.07, 6.45) is 3.73. The van der Waals surface area contributed by atoms with E-state index in [1.807, 2.05) is 62.9 Å². The first kappa shape index (κ1) is 39.4. The van der Waals surface area contributed by atoms with Gasteiger partial charge in [0, 0.05) is 35.0 Å². The van der Waals surface area contributed by atoms with E-state index in [2.05, 4.69) is 44.9 Å². The van der Waals surface area contributed by atoms with Gasteiger partial charge < -0.3 is 44.3 Å². The lowest BCUT2D eigenvalue weighted by molar-refractivity contribution is -0.136. The quantitative estimate of drug-likeness (QED) is 0.108. The second-order valence-corrected chi connectivity index (χ2v) is 16.2. The van der Waals surface area contributed by atoms with Crippen LogP contribution >= 0.6 is 0 Å². The SMILES string of the molecule is COC(=O)N[C@H](C(=O)N1CCC[C@H]1c1ncc(-c2ccc3oc(-c4ccc5c(ccc6[nH]c([C@@H]7CCCN7C(=O)[C@@H](NC(=O)OC)C(C)C)nc65)c4)cc3c2)[nH]1)C(C)C. The van der Waals surface area contributed by atoms with Gasteiger partial charge in [0.05, 0.1) is 49.2 Å². The van der Waals surface area contributed by atoms with Crippen LogP contribution in [-0.4, -0.2) is 93.1 Å². The number of furan rings is 1. The van der Waals surface area contributed by atoms with Gasteiger partial charge in [-0.15, -0.1) is 0 Å². The molecule has 4 atom stereocenters. The lowest BCUT2D eigenvalue weighted by Gasteiger charge is -2.30. The Morgan fingerprint density at radius 3 is 1.98 bits per heavy atom. The number of methoxy groups -OCH3 is 2. The molecule has 2 fully saturated rings. The smallest absolute Gasteiger partial charge is 0.407 e. The number of rotatable bonds is 10. The molecule has 8 rings (SSSR count). The van der Waals surface area contributed by atoms with E-state index in [0.717, 1.165) is 86.9 Å². The molecule has 0 bridgehead atoms. The zero-order valence-electron chi connectivity index (χ0n) is 34.1. The van der Waals surface area contributed by atoms with Gasteiger partial charge in [-0.1, -0.05) is 45.9 Å². The Kier molecular flexibility index (Phi) is 10.8. The van der Waals surface area contributed by atoms with Gasteiger partial charge in [0.2, 0.25) is 11.8 Å².